The first-order chi connectivity index (χ1) is 6.79. The molecule has 0 aliphatic carbocycles. The lowest BCUT2D eigenvalue weighted by Gasteiger charge is -2.23. The third kappa shape index (κ3) is 3.27. The van der Waals surface area contributed by atoms with Gasteiger partial charge in [0.1, 0.15) is 5.75 Å². The summed E-state index contributed by atoms with van der Waals surface area (Å²) in [6.07, 6.45) is 0. The Bertz CT molecular complexity index is 378. The monoisotopic (exact) mass is 207 g/mol. The van der Waals surface area contributed by atoms with E-state index in [-0.39, 0.29) is 17.1 Å². The van der Waals surface area contributed by atoms with Gasteiger partial charge in [0, 0.05) is 16.8 Å². The van der Waals surface area contributed by atoms with Gasteiger partial charge in [-0.25, -0.2) is 0 Å². The molecule has 3 heteroatoms. The minimum Gasteiger partial charge on any atom is -0.508 e. The van der Waals surface area contributed by atoms with Crippen LogP contribution in [0.1, 0.15) is 38.1 Å². The average Bonchev–Trinajstić information content (AvgIpc) is 2.05. The average molecular weight is 207 g/mol. The molecule has 15 heavy (non-hydrogen) atoms. The maximum Gasteiger partial charge on any atom is 0.162 e. The van der Waals surface area contributed by atoms with Crippen molar-refractivity contribution in [3.05, 3.63) is 23.8 Å². The van der Waals surface area contributed by atoms with Crippen molar-refractivity contribution >= 4 is 11.5 Å². The minimum absolute atomic E-state index is 0.0577. The molecule has 0 bridgehead atoms. The van der Waals surface area contributed by atoms with E-state index in [1.165, 1.54) is 13.0 Å². The minimum atomic E-state index is -0.110. The Morgan fingerprint density at radius 2 is 1.93 bits per heavy atom. The molecule has 0 spiro atoms. The van der Waals surface area contributed by atoms with Crippen LogP contribution in [0, 0.1) is 0 Å². The summed E-state index contributed by atoms with van der Waals surface area (Å²) in [7, 11) is 0. The molecule has 1 aromatic carbocycles. The molecule has 2 N–H and O–H groups in total. The number of carbonyl (C=O) groups is 1. The molecule has 0 fully saturated rings. The second-order valence-electron chi connectivity index (χ2n) is 4.66. The summed E-state index contributed by atoms with van der Waals surface area (Å²) in [5.41, 5.74) is 1.17. The lowest BCUT2D eigenvalue weighted by molar-refractivity contribution is 0.101. The standard InChI is InChI=1S/C12H17NO2/c1-8(14)10-7-9(15)5-6-11(10)13-12(2,3)4/h5-7,13,15H,1-4H3. The van der Waals surface area contributed by atoms with Gasteiger partial charge in [-0.1, -0.05) is 0 Å². The first-order valence-electron chi connectivity index (χ1n) is 4.92. The summed E-state index contributed by atoms with van der Waals surface area (Å²) in [6, 6.07) is 4.77. The number of ketones is 1. The Hall–Kier alpha value is -1.51. The third-order valence-electron chi connectivity index (χ3n) is 1.89. The molecule has 1 aromatic rings. The molecule has 0 heterocycles. The summed E-state index contributed by atoms with van der Waals surface area (Å²) in [5, 5.41) is 12.5. The van der Waals surface area contributed by atoms with E-state index in [2.05, 4.69) is 5.32 Å². The van der Waals surface area contributed by atoms with E-state index >= 15 is 0 Å². The van der Waals surface area contributed by atoms with Crippen LogP contribution in [0.3, 0.4) is 0 Å². The number of anilines is 1. The summed E-state index contributed by atoms with van der Waals surface area (Å²) >= 11 is 0. The molecule has 0 aromatic heterocycles. The predicted molar refractivity (Wildman–Crippen MR) is 61.5 cm³/mol. The molecule has 0 unspecified atom stereocenters. The topological polar surface area (TPSA) is 49.3 Å². The van der Waals surface area contributed by atoms with Gasteiger partial charge in [0.05, 0.1) is 0 Å². The Balaban J connectivity index is 3.12. The van der Waals surface area contributed by atoms with Crippen LogP contribution < -0.4 is 5.32 Å². The van der Waals surface area contributed by atoms with E-state index in [4.69, 9.17) is 0 Å². The fourth-order valence-corrected chi connectivity index (χ4v) is 1.34. The normalized spacial score (nSPS) is 11.2. The fourth-order valence-electron chi connectivity index (χ4n) is 1.34. The first-order valence-corrected chi connectivity index (χ1v) is 4.92. The molecular weight excluding hydrogens is 190 g/mol. The van der Waals surface area contributed by atoms with E-state index in [1.54, 1.807) is 12.1 Å². The van der Waals surface area contributed by atoms with Gasteiger partial charge in [-0.2, -0.15) is 0 Å². The first kappa shape index (κ1) is 11.6. The van der Waals surface area contributed by atoms with Crippen LogP contribution in [0.5, 0.6) is 5.75 Å². The van der Waals surface area contributed by atoms with Crippen LogP contribution in [-0.2, 0) is 0 Å². The summed E-state index contributed by atoms with van der Waals surface area (Å²) in [6.45, 7) is 7.54. The van der Waals surface area contributed by atoms with E-state index in [9.17, 15) is 9.90 Å². The molecule has 0 radical (unpaired) electrons. The van der Waals surface area contributed by atoms with Gasteiger partial charge < -0.3 is 10.4 Å². The van der Waals surface area contributed by atoms with Crippen LogP contribution >= 0.6 is 0 Å². The van der Waals surface area contributed by atoms with Crippen molar-refractivity contribution in [3.63, 3.8) is 0 Å². The van der Waals surface area contributed by atoms with E-state index in [0.717, 1.165) is 5.69 Å². The number of Topliss-reactive ketones (excluding diaryl/α,β-unsaturated/α-hetero) is 1. The highest BCUT2D eigenvalue weighted by atomic mass is 16.3. The van der Waals surface area contributed by atoms with Gasteiger partial charge in [-0.15, -0.1) is 0 Å². The number of aromatic hydroxyl groups is 1. The highest BCUT2D eigenvalue weighted by Gasteiger charge is 2.14. The van der Waals surface area contributed by atoms with Gasteiger partial charge in [0.25, 0.3) is 0 Å². The van der Waals surface area contributed by atoms with Gasteiger partial charge in [-0.05, 0) is 45.9 Å². The van der Waals surface area contributed by atoms with Gasteiger partial charge in [0.2, 0.25) is 0 Å². The van der Waals surface area contributed by atoms with Crippen molar-refractivity contribution < 1.29 is 9.90 Å². The molecule has 0 aliphatic rings. The van der Waals surface area contributed by atoms with E-state index in [1.807, 2.05) is 20.8 Å². The van der Waals surface area contributed by atoms with Crippen LogP contribution in [-0.4, -0.2) is 16.4 Å². The molecule has 0 atom stereocenters. The number of hydrogen-bond acceptors (Lipinski definition) is 3. The summed E-state index contributed by atoms with van der Waals surface area (Å²) in [4.78, 5) is 11.4. The maximum atomic E-state index is 11.4. The van der Waals surface area contributed by atoms with Crippen molar-refractivity contribution in [2.45, 2.75) is 33.2 Å². The number of nitrogens with one attached hydrogen (secondary N) is 1. The van der Waals surface area contributed by atoms with Gasteiger partial charge in [0.15, 0.2) is 5.78 Å². The zero-order valence-corrected chi connectivity index (χ0v) is 9.59. The zero-order chi connectivity index (χ0) is 11.6. The number of rotatable bonds is 2. The Morgan fingerprint density at radius 1 is 1.33 bits per heavy atom. The van der Waals surface area contributed by atoms with Gasteiger partial charge in [-0.3, -0.25) is 4.79 Å². The lowest BCUT2D eigenvalue weighted by atomic mass is 10.0. The SMILES string of the molecule is CC(=O)c1cc(O)ccc1NC(C)(C)C. The maximum absolute atomic E-state index is 11.4. The molecule has 0 amide bonds. The van der Waals surface area contributed by atoms with Crippen molar-refractivity contribution in [1.82, 2.24) is 0 Å². The van der Waals surface area contributed by atoms with Crippen molar-refractivity contribution in [1.29, 1.82) is 0 Å². The van der Waals surface area contributed by atoms with Crippen LogP contribution in [0.15, 0.2) is 18.2 Å². The van der Waals surface area contributed by atoms with Crippen molar-refractivity contribution in [3.8, 4) is 5.75 Å². The molecule has 1 rings (SSSR count). The number of benzene rings is 1. The number of carbonyl (C=O) groups excluding carboxylic acids is 1. The summed E-state index contributed by atoms with van der Waals surface area (Å²) < 4.78 is 0. The fraction of sp³-hybridized carbons (Fsp3) is 0.417. The Labute approximate surface area is 90.1 Å². The van der Waals surface area contributed by atoms with Crippen LogP contribution in [0.4, 0.5) is 5.69 Å². The molecular formula is C12H17NO2. The van der Waals surface area contributed by atoms with E-state index in [0.29, 0.717) is 5.56 Å². The Kier molecular flexibility index (Phi) is 3.03. The Morgan fingerprint density at radius 3 is 2.40 bits per heavy atom. The smallest absolute Gasteiger partial charge is 0.162 e. The van der Waals surface area contributed by atoms with Crippen molar-refractivity contribution in [2.24, 2.45) is 0 Å². The molecule has 3 nitrogen and oxygen atoms in total. The lowest BCUT2D eigenvalue weighted by Crippen LogP contribution is -2.27. The number of phenolic OH excluding ortho intramolecular Hbond substituents is 1. The van der Waals surface area contributed by atoms with Crippen LogP contribution in [0.2, 0.25) is 0 Å². The zero-order valence-electron chi connectivity index (χ0n) is 9.59. The second kappa shape index (κ2) is 3.93. The number of hydrogen-bond donors (Lipinski definition) is 2. The molecule has 0 aliphatic heterocycles. The van der Waals surface area contributed by atoms with E-state index < -0.39 is 0 Å². The molecule has 0 saturated carbocycles. The van der Waals surface area contributed by atoms with Gasteiger partial charge >= 0.3 is 0 Å². The third-order valence-corrected chi connectivity index (χ3v) is 1.89. The quantitative estimate of drug-likeness (QED) is 0.579. The second-order valence-corrected chi connectivity index (χ2v) is 4.66. The molecule has 82 valence electrons. The summed E-state index contributed by atoms with van der Waals surface area (Å²) in [5.74, 6) is 0.0531. The van der Waals surface area contributed by atoms with Crippen LogP contribution in [0.25, 0.3) is 0 Å². The largest absolute Gasteiger partial charge is 0.508 e. The predicted octanol–water partition coefficient (Wildman–Crippen LogP) is 2.81. The number of phenols is 1. The molecule has 0 saturated heterocycles. The van der Waals surface area contributed by atoms with Crippen molar-refractivity contribution in [2.75, 3.05) is 5.32 Å². The highest BCUT2D eigenvalue weighted by molar-refractivity contribution is 6.00. The highest BCUT2D eigenvalue weighted by Crippen LogP contribution is 2.24.